The van der Waals surface area contributed by atoms with Crippen molar-refractivity contribution < 1.29 is 9.59 Å². The van der Waals surface area contributed by atoms with E-state index in [9.17, 15) is 9.59 Å². The molecule has 1 aliphatic rings. The quantitative estimate of drug-likeness (QED) is 0.726. The number of rotatable bonds is 5. The SMILES string of the molecule is Cc1ccccc1C[C@H](CS)C(=O)N[C@H]1CCCNC(=O)C1. The van der Waals surface area contributed by atoms with Crippen LogP contribution >= 0.6 is 12.6 Å². The van der Waals surface area contributed by atoms with Gasteiger partial charge in [0.1, 0.15) is 0 Å². The van der Waals surface area contributed by atoms with Crippen LogP contribution in [-0.2, 0) is 16.0 Å². The van der Waals surface area contributed by atoms with Gasteiger partial charge in [-0.1, -0.05) is 24.3 Å². The van der Waals surface area contributed by atoms with Crippen molar-refractivity contribution in [2.75, 3.05) is 12.3 Å². The van der Waals surface area contributed by atoms with Gasteiger partial charge in [-0.25, -0.2) is 0 Å². The summed E-state index contributed by atoms with van der Waals surface area (Å²) in [5.74, 6) is 0.344. The van der Waals surface area contributed by atoms with Crippen molar-refractivity contribution in [2.24, 2.45) is 5.92 Å². The lowest BCUT2D eigenvalue weighted by molar-refractivity contribution is -0.125. The predicted octanol–water partition coefficient (Wildman–Crippen LogP) is 1.87. The molecule has 5 heteroatoms. The second-order valence-electron chi connectivity index (χ2n) is 5.91. The van der Waals surface area contributed by atoms with Crippen LogP contribution in [0.15, 0.2) is 24.3 Å². The number of thiol groups is 1. The largest absolute Gasteiger partial charge is 0.356 e. The summed E-state index contributed by atoms with van der Waals surface area (Å²) in [4.78, 5) is 24.1. The highest BCUT2D eigenvalue weighted by Crippen LogP contribution is 2.16. The average Bonchev–Trinajstić information content (AvgIpc) is 2.70. The molecule has 2 amide bonds. The van der Waals surface area contributed by atoms with Crippen molar-refractivity contribution >= 4 is 24.4 Å². The van der Waals surface area contributed by atoms with Gasteiger partial charge in [0, 0.05) is 24.8 Å². The monoisotopic (exact) mass is 320 g/mol. The van der Waals surface area contributed by atoms with Gasteiger partial charge in [-0.15, -0.1) is 0 Å². The number of carbonyl (C=O) groups is 2. The minimum atomic E-state index is -0.171. The van der Waals surface area contributed by atoms with Crippen LogP contribution in [-0.4, -0.2) is 30.2 Å². The maximum absolute atomic E-state index is 12.5. The van der Waals surface area contributed by atoms with Crippen molar-refractivity contribution in [2.45, 2.75) is 38.6 Å². The maximum Gasteiger partial charge on any atom is 0.224 e. The fourth-order valence-electron chi connectivity index (χ4n) is 2.76. The molecule has 4 nitrogen and oxygen atoms in total. The van der Waals surface area contributed by atoms with Crippen molar-refractivity contribution in [3.05, 3.63) is 35.4 Å². The molecule has 0 radical (unpaired) electrons. The van der Waals surface area contributed by atoms with Crippen LogP contribution in [0.3, 0.4) is 0 Å². The molecule has 0 spiro atoms. The van der Waals surface area contributed by atoms with Gasteiger partial charge in [0.15, 0.2) is 0 Å². The standard InChI is InChI=1S/C17H24N2O2S/c1-12-5-2-3-6-13(12)9-14(11-22)17(21)19-15-7-4-8-18-16(20)10-15/h2-3,5-6,14-15,22H,4,7-11H2,1H3,(H,18,20)(H,19,21)/t14-,15+/m1/s1. The molecule has 0 bridgehead atoms. The smallest absolute Gasteiger partial charge is 0.224 e. The molecule has 1 saturated heterocycles. The first kappa shape index (κ1) is 16.9. The van der Waals surface area contributed by atoms with Gasteiger partial charge >= 0.3 is 0 Å². The highest BCUT2D eigenvalue weighted by atomic mass is 32.1. The van der Waals surface area contributed by atoms with E-state index in [1.807, 2.05) is 12.1 Å². The number of hydrogen-bond donors (Lipinski definition) is 3. The lowest BCUT2D eigenvalue weighted by Gasteiger charge is -2.20. The van der Waals surface area contributed by atoms with Gasteiger partial charge < -0.3 is 10.6 Å². The zero-order valence-electron chi connectivity index (χ0n) is 13.0. The van der Waals surface area contributed by atoms with Gasteiger partial charge in [-0.05, 0) is 37.3 Å². The topological polar surface area (TPSA) is 58.2 Å². The molecule has 1 aromatic carbocycles. The Kier molecular flexibility index (Phi) is 6.31. The first-order valence-corrected chi connectivity index (χ1v) is 8.46. The molecule has 2 rings (SSSR count). The van der Waals surface area contributed by atoms with E-state index < -0.39 is 0 Å². The van der Waals surface area contributed by atoms with E-state index in [4.69, 9.17) is 0 Å². The van der Waals surface area contributed by atoms with Crippen LogP contribution < -0.4 is 10.6 Å². The molecule has 2 atom stereocenters. The zero-order chi connectivity index (χ0) is 15.9. The van der Waals surface area contributed by atoms with Gasteiger partial charge in [-0.2, -0.15) is 12.6 Å². The molecular formula is C17H24N2O2S. The summed E-state index contributed by atoms with van der Waals surface area (Å²) >= 11 is 4.34. The van der Waals surface area contributed by atoms with Crippen molar-refractivity contribution in [1.82, 2.24) is 10.6 Å². The summed E-state index contributed by atoms with van der Waals surface area (Å²) in [7, 11) is 0. The first-order valence-electron chi connectivity index (χ1n) is 7.82. The molecular weight excluding hydrogens is 296 g/mol. The lowest BCUT2D eigenvalue weighted by atomic mass is 9.96. The number of benzene rings is 1. The Morgan fingerprint density at radius 2 is 2.23 bits per heavy atom. The molecule has 22 heavy (non-hydrogen) atoms. The highest BCUT2D eigenvalue weighted by Gasteiger charge is 2.24. The molecule has 0 saturated carbocycles. The summed E-state index contributed by atoms with van der Waals surface area (Å²) in [5.41, 5.74) is 2.37. The Bertz CT molecular complexity index is 533. The molecule has 1 aliphatic heterocycles. The maximum atomic E-state index is 12.5. The number of aryl methyl sites for hydroxylation is 1. The van der Waals surface area contributed by atoms with E-state index in [2.05, 4.69) is 42.3 Å². The first-order chi connectivity index (χ1) is 10.6. The summed E-state index contributed by atoms with van der Waals surface area (Å²) in [5, 5.41) is 5.86. The molecule has 0 aromatic heterocycles. The third-order valence-electron chi connectivity index (χ3n) is 4.15. The molecule has 1 aromatic rings. The normalized spacial score (nSPS) is 19.9. The number of amides is 2. The van der Waals surface area contributed by atoms with Crippen molar-refractivity contribution in [3.63, 3.8) is 0 Å². The van der Waals surface area contributed by atoms with Crippen molar-refractivity contribution in [1.29, 1.82) is 0 Å². The molecule has 1 heterocycles. The van der Waals surface area contributed by atoms with E-state index in [0.717, 1.165) is 12.8 Å². The zero-order valence-corrected chi connectivity index (χ0v) is 13.9. The molecule has 120 valence electrons. The average molecular weight is 320 g/mol. The van der Waals surface area contributed by atoms with Crippen LogP contribution in [0.2, 0.25) is 0 Å². The minimum Gasteiger partial charge on any atom is -0.356 e. The fourth-order valence-corrected chi connectivity index (χ4v) is 3.06. The summed E-state index contributed by atoms with van der Waals surface area (Å²) in [6, 6.07) is 8.04. The van der Waals surface area contributed by atoms with Gasteiger partial charge in [-0.3, -0.25) is 9.59 Å². The minimum absolute atomic E-state index is 0.00190. The van der Waals surface area contributed by atoms with Crippen molar-refractivity contribution in [3.8, 4) is 0 Å². The number of carbonyl (C=O) groups excluding carboxylic acids is 2. The van der Waals surface area contributed by atoms with Crippen LogP contribution in [0.4, 0.5) is 0 Å². The van der Waals surface area contributed by atoms with Crippen LogP contribution in [0.5, 0.6) is 0 Å². The summed E-state index contributed by atoms with van der Waals surface area (Å²) < 4.78 is 0. The van der Waals surface area contributed by atoms with Gasteiger partial charge in [0.2, 0.25) is 11.8 Å². The summed E-state index contributed by atoms with van der Waals surface area (Å²) in [6.45, 7) is 2.75. The number of hydrogen-bond acceptors (Lipinski definition) is 3. The Balaban J connectivity index is 1.96. The van der Waals surface area contributed by atoms with Crippen LogP contribution in [0.25, 0.3) is 0 Å². The number of nitrogens with one attached hydrogen (secondary N) is 2. The Morgan fingerprint density at radius 1 is 1.45 bits per heavy atom. The Morgan fingerprint density at radius 3 is 2.95 bits per heavy atom. The van der Waals surface area contributed by atoms with E-state index in [1.54, 1.807) is 0 Å². The van der Waals surface area contributed by atoms with Gasteiger partial charge in [0.25, 0.3) is 0 Å². The van der Waals surface area contributed by atoms with E-state index in [-0.39, 0.29) is 23.8 Å². The van der Waals surface area contributed by atoms with E-state index in [0.29, 0.717) is 25.1 Å². The Hall–Kier alpha value is -1.49. The Labute approximate surface area is 137 Å². The summed E-state index contributed by atoms with van der Waals surface area (Å²) in [6.07, 6.45) is 2.80. The highest BCUT2D eigenvalue weighted by molar-refractivity contribution is 7.80. The predicted molar refractivity (Wildman–Crippen MR) is 91.0 cm³/mol. The molecule has 0 unspecified atom stereocenters. The van der Waals surface area contributed by atoms with Crippen LogP contribution in [0.1, 0.15) is 30.4 Å². The third-order valence-corrected chi connectivity index (χ3v) is 4.59. The molecule has 1 fully saturated rings. The van der Waals surface area contributed by atoms with E-state index in [1.165, 1.54) is 11.1 Å². The van der Waals surface area contributed by atoms with Gasteiger partial charge in [0.05, 0.1) is 5.92 Å². The molecule has 2 N–H and O–H groups in total. The second-order valence-corrected chi connectivity index (χ2v) is 6.28. The fraction of sp³-hybridized carbons (Fsp3) is 0.529. The second kappa shape index (κ2) is 8.22. The molecule has 0 aliphatic carbocycles. The third kappa shape index (κ3) is 4.77. The lowest BCUT2D eigenvalue weighted by Crippen LogP contribution is -2.41. The van der Waals surface area contributed by atoms with E-state index >= 15 is 0 Å². The van der Waals surface area contributed by atoms with Crippen LogP contribution in [0, 0.1) is 12.8 Å².